The summed E-state index contributed by atoms with van der Waals surface area (Å²) in [5.41, 5.74) is 7.08. The van der Waals surface area contributed by atoms with E-state index in [1.807, 2.05) is 6.07 Å². The number of ether oxygens (including phenoxy) is 2. The van der Waals surface area contributed by atoms with E-state index >= 15 is 0 Å². The Kier molecular flexibility index (Phi) is 3.51. The minimum absolute atomic E-state index is 0.319. The molecule has 2 N–H and O–H groups in total. The standard InChI is InChI=1S/C15H22N2O2/c1-11(16)2-3-12-6-7-17(9-12)13-4-5-14-15(8-13)19-10-18-14/h4-5,8,11-12H,2-3,6-7,9-10,16H2,1H3. The van der Waals surface area contributed by atoms with Crippen LogP contribution in [0.1, 0.15) is 26.2 Å². The summed E-state index contributed by atoms with van der Waals surface area (Å²) in [5, 5.41) is 0. The Hall–Kier alpha value is -1.42. The predicted octanol–water partition coefficient (Wildman–Crippen LogP) is 2.37. The van der Waals surface area contributed by atoms with Crippen molar-refractivity contribution in [3.63, 3.8) is 0 Å². The summed E-state index contributed by atoms with van der Waals surface area (Å²) in [4.78, 5) is 2.44. The lowest BCUT2D eigenvalue weighted by molar-refractivity contribution is 0.174. The van der Waals surface area contributed by atoms with Crippen molar-refractivity contribution in [3.8, 4) is 11.5 Å². The highest BCUT2D eigenvalue weighted by atomic mass is 16.7. The van der Waals surface area contributed by atoms with Gasteiger partial charge in [0.05, 0.1) is 0 Å². The minimum atomic E-state index is 0.319. The average molecular weight is 262 g/mol. The molecular formula is C15H22N2O2. The van der Waals surface area contributed by atoms with Crippen LogP contribution in [0.3, 0.4) is 0 Å². The third kappa shape index (κ3) is 2.78. The minimum Gasteiger partial charge on any atom is -0.454 e. The summed E-state index contributed by atoms with van der Waals surface area (Å²) < 4.78 is 10.8. The van der Waals surface area contributed by atoms with Gasteiger partial charge in [-0.3, -0.25) is 0 Å². The van der Waals surface area contributed by atoms with Crippen LogP contribution in [0.2, 0.25) is 0 Å². The fourth-order valence-corrected chi connectivity index (χ4v) is 2.88. The van der Waals surface area contributed by atoms with E-state index in [0.717, 1.165) is 36.9 Å². The van der Waals surface area contributed by atoms with Gasteiger partial charge in [-0.1, -0.05) is 0 Å². The molecule has 104 valence electrons. The molecule has 1 aromatic rings. The average Bonchev–Trinajstić information content (AvgIpc) is 3.04. The van der Waals surface area contributed by atoms with E-state index in [1.165, 1.54) is 18.5 Å². The van der Waals surface area contributed by atoms with Gasteiger partial charge >= 0.3 is 0 Å². The molecular weight excluding hydrogens is 240 g/mol. The van der Waals surface area contributed by atoms with Crippen molar-refractivity contribution in [1.29, 1.82) is 0 Å². The van der Waals surface area contributed by atoms with Crippen molar-refractivity contribution < 1.29 is 9.47 Å². The van der Waals surface area contributed by atoms with Gasteiger partial charge in [0.2, 0.25) is 6.79 Å². The molecule has 1 saturated heterocycles. The number of nitrogens with two attached hydrogens (primary N) is 1. The molecule has 0 spiro atoms. The normalized spacial score (nSPS) is 22.8. The summed E-state index contributed by atoms with van der Waals surface area (Å²) in [5.74, 6) is 2.50. The van der Waals surface area contributed by atoms with Crippen molar-refractivity contribution in [2.24, 2.45) is 11.7 Å². The van der Waals surface area contributed by atoms with E-state index in [-0.39, 0.29) is 0 Å². The molecule has 1 fully saturated rings. The van der Waals surface area contributed by atoms with Crippen LogP contribution in [0, 0.1) is 5.92 Å². The van der Waals surface area contributed by atoms with Gasteiger partial charge in [0.15, 0.2) is 11.5 Å². The van der Waals surface area contributed by atoms with Crippen LogP contribution >= 0.6 is 0 Å². The molecule has 0 saturated carbocycles. The largest absolute Gasteiger partial charge is 0.454 e. The molecule has 4 nitrogen and oxygen atoms in total. The van der Waals surface area contributed by atoms with Crippen LogP contribution < -0.4 is 20.1 Å². The Morgan fingerprint density at radius 1 is 1.37 bits per heavy atom. The number of nitrogens with zero attached hydrogens (tertiary/aromatic N) is 1. The number of hydrogen-bond acceptors (Lipinski definition) is 4. The quantitative estimate of drug-likeness (QED) is 0.905. The first-order chi connectivity index (χ1) is 9.22. The first-order valence-corrected chi connectivity index (χ1v) is 7.12. The highest BCUT2D eigenvalue weighted by Crippen LogP contribution is 2.37. The van der Waals surface area contributed by atoms with Crippen LogP contribution in [-0.2, 0) is 0 Å². The molecule has 19 heavy (non-hydrogen) atoms. The first-order valence-electron chi connectivity index (χ1n) is 7.12. The number of hydrogen-bond donors (Lipinski definition) is 1. The molecule has 2 aliphatic rings. The topological polar surface area (TPSA) is 47.7 Å². The first kappa shape index (κ1) is 12.6. The zero-order chi connectivity index (χ0) is 13.2. The van der Waals surface area contributed by atoms with E-state index in [2.05, 4.69) is 24.0 Å². The van der Waals surface area contributed by atoms with Crippen molar-refractivity contribution in [2.75, 3.05) is 24.8 Å². The van der Waals surface area contributed by atoms with Gasteiger partial charge in [0.25, 0.3) is 0 Å². The lowest BCUT2D eigenvalue weighted by Crippen LogP contribution is -2.21. The van der Waals surface area contributed by atoms with E-state index in [4.69, 9.17) is 15.2 Å². The molecule has 0 aromatic heterocycles. The second-order valence-electron chi connectivity index (χ2n) is 5.69. The highest BCUT2D eigenvalue weighted by Gasteiger charge is 2.24. The van der Waals surface area contributed by atoms with Gasteiger partial charge in [-0.2, -0.15) is 0 Å². The third-order valence-electron chi connectivity index (χ3n) is 4.04. The van der Waals surface area contributed by atoms with Gasteiger partial charge in [-0.05, 0) is 44.2 Å². The molecule has 0 bridgehead atoms. The van der Waals surface area contributed by atoms with E-state index < -0.39 is 0 Å². The number of benzene rings is 1. The van der Waals surface area contributed by atoms with Gasteiger partial charge < -0.3 is 20.1 Å². The third-order valence-corrected chi connectivity index (χ3v) is 4.04. The van der Waals surface area contributed by atoms with Crippen LogP contribution in [0.25, 0.3) is 0 Å². The summed E-state index contributed by atoms with van der Waals surface area (Å²) in [6.07, 6.45) is 3.62. The van der Waals surface area contributed by atoms with Crippen molar-refractivity contribution >= 4 is 5.69 Å². The van der Waals surface area contributed by atoms with Crippen LogP contribution in [0.4, 0.5) is 5.69 Å². The van der Waals surface area contributed by atoms with E-state index in [1.54, 1.807) is 0 Å². The van der Waals surface area contributed by atoms with Gasteiger partial charge in [-0.15, -0.1) is 0 Å². The fourth-order valence-electron chi connectivity index (χ4n) is 2.88. The lowest BCUT2D eigenvalue weighted by atomic mass is 10.0. The Balaban J connectivity index is 1.61. The number of fused-ring (bicyclic) bond motifs is 1. The molecule has 2 heterocycles. The maximum atomic E-state index is 5.83. The molecule has 4 heteroatoms. The lowest BCUT2D eigenvalue weighted by Gasteiger charge is -2.19. The number of anilines is 1. The molecule has 0 amide bonds. The molecule has 2 unspecified atom stereocenters. The summed E-state index contributed by atoms with van der Waals surface area (Å²) in [6.45, 7) is 4.69. The van der Waals surface area contributed by atoms with Gasteiger partial charge in [-0.25, -0.2) is 0 Å². The Labute approximate surface area is 114 Å². The number of rotatable bonds is 4. The Morgan fingerprint density at radius 2 is 2.21 bits per heavy atom. The van der Waals surface area contributed by atoms with Crippen molar-refractivity contribution in [1.82, 2.24) is 0 Å². The Bertz CT molecular complexity index is 448. The fraction of sp³-hybridized carbons (Fsp3) is 0.600. The van der Waals surface area contributed by atoms with E-state index in [9.17, 15) is 0 Å². The summed E-state index contributed by atoms with van der Waals surface area (Å²) in [7, 11) is 0. The molecule has 0 radical (unpaired) electrons. The van der Waals surface area contributed by atoms with Gasteiger partial charge in [0.1, 0.15) is 0 Å². The molecule has 2 atom stereocenters. The second-order valence-corrected chi connectivity index (χ2v) is 5.69. The van der Waals surface area contributed by atoms with E-state index in [0.29, 0.717) is 12.8 Å². The summed E-state index contributed by atoms with van der Waals surface area (Å²) in [6, 6.07) is 6.55. The predicted molar refractivity (Wildman–Crippen MR) is 75.8 cm³/mol. The van der Waals surface area contributed by atoms with Crippen LogP contribution in [-0.4, -0.2) is 25.9 Å². The zero-order valence-electron chi connectivity index (χ0n) is 11.5. The monoisotopic (exact) mass is 262 g/mol. The Morgan fingerprint density at radius 3 is 3.05 bits per heavy atom. The van der Waals surface area contributed by atoms with Crippen molar-refractivity contribution in [2.45, 2.75) is 32.2 Å². The summed E-state index contributed by atoms with van der Waals surface area (Å²) >= 11 is 0. The van der Waals surface area contributed by atoms with Crippen molar-refractivity contribution in [3.05, 3.63) is 18.2 Å². The van der Waals surface area contributed by atoms with Crippen LogP contribution in [0.5, 0.6) is 11.5 Å². The molecule has 1 aromatic carbocycles. The zero-order valence-corrected chi connectivity index (χ0v) is 11.5. The second kappa shape index (κ2) is 5.29. The SMILES string of the molecule is CC(N)CCC1CCN(c2ccc3c(c2)OCO3)C1. The maximum absolute atomic E-state index is 5.83. The van der Waals surface area contributed by atoms with Gasteiger partial charge in [0, 0.05) is 30.9 Å². The molecule has 3 rings (SSSR count). The smallest absolute Gasteiger partial charge is 0.231 e. The molecule has 2 aliphatic heterocycles. The van der Waals surface area contributed by atoms with Crippen LogP contribution in [0.15, 0.2) is 18.2 Å². The maximum Gasteiger partial charge on any atom is 0.231 e. The highest BCUT2D eigenvalue weighted by molar-refractivity contribution is 5.57. The molecule has 0 aliphatic carbocycles.